The van der Waals surface area contributed by atoms with Crippen molar-refractivity contribution in [3.63, 3.8) is 0 Å². The summed E-state index contributed by atoms with van der Waals surface area (Å²) in [5, 5.41) is 3.23. The number of sulfonamides is 1. The van der Waals surface area contributed by atoms with Crippen molar-refractivity contribution >= 4 is 15.9 Å². The van der Waals surface area contributed by atoms with Gasteiger partial charge >= 0.3 is 0 Å². The van der Waals surface area contributed by atoms with Gasteiger partial charge in [0, 0.05) is 37.4 Å². The number of hydrogen-bond acceptors (Lipinski definition) is 3. The molecule has 1 fully saturated rings. The Morgan fingerprint density at radius 1 is 0.968 bits per heavy atom. The number of carbonyl (C=O) groups excluding carboxylic acids is 1. The predicted molar refractivity (Wildman–Crippen MR) is 121 cm³/mol. The summed E-state index contributed by atoms with van der Waals surface area (Å²) >= 11 is 0. The van der Waals surface area contributed by atoms with Crippen molar-refractivity contribution in [2.45, 2.75) is 38.0 Å². The van der Waals surface area contributed by atoms with E-state index in [-0.39, 0.29) is 17.6 Å². The second-order valence-electron chi connectivity index (χ2n) is 9.10. The van der Waals surface area contributed by atoms with Gasteiger partial charge in [-0.05, 0) is 54.4 Å². The molecule has 1 saturated heterocycles. The van der Waals surface area contributed by atoms with Crippen molar-refractivity contribution in [2.75, 3.05) is 25.4 Å². The molecule has 1 aliphatic heterocycles. The van der Waals surface area contributed by atoms with E-state index in [2.05, 4.69) is 53.8 Å². The number of nitrogens with one attached hydrogen (secondary N) is 1. The molecule has 2 bridgehead atoms. The van der Waals surface area contributed by atoms with Gasteiger partial charge in [0.1, 0.15) is 0 Å². The molecule has 0 radical (unpaired) electrons. The first-order valence-electron chi connectivity index (χ1n) is 11.4. The zero-order chi connectivity index (χ0) is 21.6. The average Bonchev–Trinajstić information content (AvgIpc) is 2.82. The number of fused-ring (bicyclic) bond motifs is 1. The lowest BCUT2D eigenvalue weighted by Gasteiger charge is -2.45. The Kier molecular flexibility index (Phi) is 5.39. The number of amides is 1. The molecule has 4 aliphatic rings. The maximum atomic E-state index is 12.9. The van der Waals surface area contributed by atoms with E-state index >= 15 is 0 Å². The Hall–Kier alpha value is -2.18. The summed E-state index contributed by atoms with van der Waals surface area (Å²) in [7, 11) is -3.16. The quantitative estimate of drug-likeness (QED) is 0.777. The van der Waals surface area contributed by atoms with Gasteiger partial charge in [-0.25, -0.2) is 12.7 Å². The molecule has 31 heavy (non-hydrogen) atoms. The third kappa shape index (κ3) is 3.60. The molecule has 164 valence electrons. The Bertz CT molecular complexity index is 1040. The number of rotatable bonds is 5. The van der Waals surface area contributed by atoms with Gasteiger partial charge in [-0.15, -0.1) is 0 Å². The zero-order valence-corrected chi connectivity index (χ0v) is 18.8. The minimum absolute atomic E-state index is 0.0802. The Balaban J connectivity index is 1.27. The van der Waals surface area contributed by atoms with Crippen molar-refractivity contribution in [2.24, 2.45) is 11.8 Å². The van der Waals surface area contributed by atoms with Gasteiger partial charge in [-0.1, -0.05) is 48.5 Å². The molecule has 6 rings (SSSR count). The van der Waals surface area contributed by atoms with Crippen LogP contribution in [0.1, 0.15) is 60.3 Å². The maximum absolute atomic E-state index is 12.9. The van der Waals surface area contributed by atoms with Crippen LogP contribution in [-0.4, -0.2) is 44.0 Å². The van der Waals surface area contributed by atoms with E-state index in [1.807, 2.05) is 0 Å². The lowest BCUT2D eigenvalue weighted by Crippen LogP contribution is -2.45. The Morgan fingerprint density at radius 2 is 1.52 bits per heavy atom. The highest BCUT2D eigenvalue weighted by Gasteiger charge is 2.43. The zero-order valence-electron chi connectivity index (χ0n) is 18.0. The summed E-state index contributed by atoms with van der Waals surface area (Å²) in [6.45, 7) is 3.24. The highest BCUT2D eigenvalue weighted by atomic mass is 32.2. The van der Waals surface area contributed by atoms with Gasteiger partial charge in [0.2, 0.25) is 15.9 Å². The highest BCUT2D eigenvalue weighted by Crippen LogP contribution is 2.55. The molecule has 1 amide bonds. The molecule has 5 nitrogen and oxygen atoms in total. The minimum atomic E-state index is -3.16. The van der Waals surface area contributed by atoms with Crippen molar-refractivity contribution in [3.8, 4) is 0 Å². The number of carbonyl (C=O) groups is 1. The van der Waals surface area contributed by atoms with E-state index in [0.717, 1.165) is 6.42 Å². The maximum Gasteiger partial charge on any atom is 0.223 e. The van der Waals surface area contributed by atoms with Crippen LogP contribution in [0.3, 0.4) is 0 Å². The molecular weight excluding hydrogens is 408 g/mol. The molecule has 1 unspecified atom stereocenters. The van der Waals surface area contributed by atoms with E-state index in [0.29, 0.717) is 50.2 Å². The van der Waals surface area contributed by atoms with E-state index in [9.17, 15) is 13.2 Å². The first kappa shape index (κ1) is 20.7. The van der Waals surface area contributed by atoms with Crippen LogP contribution in [0.5, 0.6) is 0 Å². The van der Waals surface area contributed by atoms with Crippen molar-refractivity contribution < 1.29 is 13.2 Å². The summed E-state index contributed by atoms with van der Waals surface area (Å²) in [5.41, 5.74) is 5.71. The molecule has 2 aromatic rings. The van der Waals surface area contributed by atoms with Crippen LogP contribution in [0.25, 0.3) is 0 Å². The predicted octanol–water partition coefficient (Wildman–Crippen LogP) is 3.46. The van der Waals surface area contributed by atoms with E-state index in [4.69, 9.17) is 0 Å². The molecular formula is C25H30N2O3S. The number of nitrogens with zero attached hydrogens (tertiary/aromatic N) is 1. The number of piperidine rings is 1. The fraction of sp³-hybridized carbons (Fsp3) is 0.480. The van der Waals surface area contributed by atoms with Crippen LogP contribution in [-0.2, 0) is 14.8 Å². The first-order chi connectivity index (χ1) is 15.0. The van der Waals surface area contributed by atoms with Crippen LogP contribution >= 0.6 is 0 Å². The molecule has 1 atom stereocenters. The van der Waals surface area contributed by atoms with Crippen LogP contribution in [0.2, 0.25) is 0 Å². The number of benzene rings is 2. The smallest absolute Gasteiger partial charge is 0.223 e. The van der Waals surface area contributed by atoms with Crippen molar-refractivity contribution in [1.82, 2.24) is 9.62 Å². The molecule has 2 aromatic carbocycles. The highest BCUT2D eigenvalue weighted by molar-refractivity contribution is 7.89. The summed E-state index contributed by atoms with van der Waals surface area (Å²) in [6.07, 6.45) is 2.27. The van der Waals surface area contributed by atoms with Crippen LogP contribution in [0.4, 0.5) is 0 Å². The molecule has 3 aliphatic carbocycles. The molecule has 0 saturated carbocycles. The standard InChI is InChI=1S/C25H30N2O3S/c1-2-31(29,30)27-13-11-17(12-14-27)25(28)26-16-18-15-23-19-7-3-5-9-21(19)24(18)22-10-6-4-8-20(22)23/h3-10,17-18,23-24H,2,11-16H2,1H3,(H,26,28). The van der Waals surface area contributed by atoms with Gasteiger partial charge in [0.25, 0.3) is 0 Å². The molecule has 1 heterocycles. The van der Waals surface area contributed by atoms with Crippen molar-refractivity contribution in [1.29, 1.82) is 0 Å². The Labute approximate surface area is 184 Å². The first-order valence-corrected chi connectivity index (χ1v) is 13.0. The summed E-state index contributed by atoms with van der Waals surface area (Å²) in [5.74, 6) is 1.23. The van der Waals surface area contributed by atoms with E-state index < -0.39 is 10.0 Å². The third-order valence-electron chi connectivity index (χ3n) is 7.54. The SMILES string of the molecule is CCS(=O)(=O)N1CCC(C(=O)NCC2CC3c4ccccc4C2c2ccccc23)CC1. The lowest BCUT2D eigenvalue weighted by molar-refractivity contribution is -0.126. The minimum Gasteiger partial charge on any atom is -0.356 e. The Morgan fingerprint density at radius 3 is 2.06 bits per heavy atom. The summed E-state index contributed by atoms with van der Waals surface area (Å²) < 4.78 is 25.7. The lowest BCUT2D eigenvalue weighted by atomic mass is 9.59. The second kappa shape index (κ2) is 8.06. The molecule has 6 heteroatoms. The van der Waals surface area contributed by atoms with Gasteiger partial charge < -0.3 is 5.32 Å². The third-order valence-corrected chi connectivity index (χ3v) is 9.43. The average molecular weight is 439 g/mol. The van der Waals surface area contributed by atoms with Gasteiger partial charge in [-0.3, -0.25) is 4.79 Å². The van der Waals surface area contributed by atoms with Crippen LogP contribution in [0.15, 0.2) is 48.5 Å². The fourth-order valence-corrected chi connectivity index (χ4v) is 7.05. The van der Waals surface area contributed by atoms with Gasteiger partial charge in [0.05, 0.1) is 5.75 Å². The van der Waals surface area contributed by atoms with E-state index in [1.165, 1.54) is 26.6 Å². The van der Waals surface area contributed by atoms with Crippen LogP contribution in [0, 0.1) is 11.8 Å². The number of hydrogen-bond donors (Lipinski definition) is 1. The van der Waals surface area contributed by atoms with Crippen molar-refractivity contribution in [3.05, 3.63) is 70.8 Å². The monoisotopic (exact) mass is 438 g/mol. The summed E-state index contributed by atoms with van der Waals surface area (Å²) in [6, 6.07) is 17.5. The van der Waals surface area contributed by atoms with E-state index in [1.54, 1.807) is 6.92 Å². The second-order valence-corrected chi connectivity index (χ2v) is 11.4. The fourth-order valence-electron chi connectivity index (χ4n) is 5.91. The molecule has 0 spiro atoms. The largest absolute Gasteiger partial charge is 0.356 e. The molecule has 1 N–H and O–H groups in total. The van der Waals surface area contributed by atoms with Gasteiger partial charge in [-0.2, -0.15) is 0 Å². The van der Waals surface area contributed by atoms with Crippen LogP contribution < -0.4 is 5.32 Å². The summed E-state index contributed by atoms with van der Waals surface area (Å²) in [4.78, 5) is 12.9. The topological polar surface area (TPSA) is 66.5 Å². The van der Waals surface area contributed by atoms with Gasteiger partial charge in [0.15, 0.2) is 0 Å². The normalized spacial score (nSPS) is 25.6. The molecule has 0 aromatic heterocycles.